The van der Waals surface area contributed by atoms with Gasteiger partial charge in [0.25, 0.3) is 30.4 Å². The Morgan fingerprint density at radius 3 is 1.81 bits per heavy atom. The predicted octanol–water partition coefficient (Wildman–Crippen LogP) is 4.70. The SMILES string of the molecule is CC[N+](CCCS(=O)(=O)O)=c1ccc2c(C(C)(C)C)cc(C=CC=C3N(CCOCCOCCOCCOCCOCCOCCC(=O)On4c(O)ccc4O)c4ccc(S(=O)(=O)O)cc4C3(C)CCCS(=O)(=O)O)oc-2c1. The molecule has 0 spiro atoms. The van der Waals surface area contributed by atoms with Crippen LogP contribution in [-0.4, -0.2) is 170 Å². The maximum Gasteiger partial charge on any atom is 0.335 e. The number of rotatable bonds is 34. The van der Waals surface area contributed by atoms with Crippen LogP contribution in [0.25, 0.3) is 17.4 Å². The van der Waals surface area contributed by atoms with Crippen molar-refractivity contribution in [1.82, 2.24) is 9.31 Å². The zero-order valence-corrected chi connectivity index (χ0v) is 47.2. The smallest absolute Gasteiger partial charge is 0.335 e. The molecule has 23 nitrogen and oxygen atoms in total. The third-order valence-corrected chi connectivity index (χ3v) is 15.0. The lowest BCUT2D eigenvalue weighted by molar-refractivity contribution is -0.146. The van der Waals surface area contributed by atoms with Crippen molar-refractivity contribution in [2.75, 3.05) is 115 Å². The summed E-state index contributed by atoms with van der Waals surface area (Å²) in [6.45, 7) is 14.5. The molecule has 26 heteroatoms. The summed E-state index contributed by atoms with van der Waals surface area (Å²) in [7, 11) is -13.1. The third-order valence-electron chi connectivity index (χ3n) is 12.5. The molecule has 5 N–H and O–H groups in total. The molecule has 0 saturated heterocycles. The summed E-state index contributed by atoms with van der Waals surface area (Å²) < 4.78 is 143. The first-order chi connectivity index (χ1) is 36.8. The minimum Gasteiger partial charge on any atom is -0.492 e. The first kappa shape index (κ1) is 63.6. The van der Waals surface area contributed by atoms with E-state index in [1.54, 1.807) is 18.2 Å². The molecular formula is C52H74N3O20S3+. The topological polar surface area (TPSA) is 310 Å². The van der Waals surface area contributed by atoms with Gasteiger partial charge in [0.05, 0.1) is 108 Å². The number of carbonyl (C=O) groups excluding carboxylic acids is 1. The van der Waals surface area contributed by atoms with Crippen molar-refractivity contribution in [3.63, 3.8) is 0 Å². The highest BCUT2D eigenvalue weighted by Crippen LogP contribution is 2.51. The zero-order chi connectivity index (χ0) is 57.2. The van der Waals surface area contributed by atoms with E-state index in [4.69, 9.17) is 37.7 Å². The number of hydrogen-bond acceptors (Lipinski definition) is 18. The predicted molar refractivity (Wildman–Crippen MR) is 288 cm³/mol. The summed E-state index contributed by atoms with van der Waals surface area (Å²) in [5, 5.41) is 19.8. The Labute approximate surface area is 456 Å². The molecule has 1 atom stereocenters. The molecule has 1 aliphatic carbocycles. The second kappa shape index (κ2) is 29.3. The van der Waals surface area contributed by atoms with Crippen molar-refractivity contribution in [3.05, 3.63) is 94.7 Å². The van der Waals surface area contributed by atoms with Crippen molar-refractivity contribution in [2.24, 2.45) is 0 Å². The molecular weight excluding hydrogens is 1080 g/mol. The van der Waals surface area contributed by atoms with Crippen molar-refractivity contribution in [1.29, 1.82) is 0 Å². The van der Waals surface area contributed by atoms with Crippen molar-refractivity contribution in [3.8, 4) is 23.1 Å². The Morgan fingerprint density at radius 1 is 0.718 bits per heavy atom. The molecule has 2 aliphatic heterocycles. The fourth-order valence-electron chi connectivity index (χ4n) is 8.70. The number of anilines is 1. The van der Waals surface area contributed by atoms with Gasteiger partial charge in [0.2, 0.25) is 17.1 Å². The fraction of sp³-hybridized carbons (Fsp3) is 0.538. The van der Waals surface area contributed by atoms with Crippen molar-refractivity contribution >= 4 is 48.1 Å². The molecule has 1 aromatic carbocycles. The van der Waals surface area contributed by atoms with Gasteiger partial charge in [-0.2, -0.15) is 25.3 Å². The summed E-state index contributed by atoms with van der Waals surface area (Å²) in [6.07, 6.45) is 5.71. The lowest BCUT2D eigenvalue weighted by atomic mass is 9.77. The second-order valence-corrected chi connectivity index (χ2v) is 23.9. The minimum atomic E-state index is -4.63. The maximum absolute atomic E-state index is 12.4. The summed E-state index contributed by atoms with van der Waals surface area (Å²) in [6, 6.07) is 14.4. The summed E-state index contributed by atoms with van der Waals surface area (Å²) >= 11 is 0. The van der Waals surface area contributed by atoms with Gasteiger partial charge in [0.15, 0.2) is 0 Å². The quantitative estimate of drug-likeness (QED) is 0.0240. The lowest BCUT2D eigenvalue weighted by Gasteiger charge is -2.30. The highest BCUT2D eigenvalue weighted by atomic mass is 32.2. The monoisotopic (exact) mass is 1160 g/mol. The van der Waals surface area contributed by atoms with E-state index in [2.05, 4.69) is 20.8 Å². The molecule has 0 radical (unpaired) electrons. The summed E-state index contributed by atoms with van der Waals surface area (Å²) in [5.41, 5.74) is 2.32. The molecule has 0 saturated carbocycles. The Kier molecular flexibility index (Phi) is 23.9. The normalized spacial score (nSPS) is 16.2. The van der Waals surface area contributed by atoms with Crippen LogP contribution in [0.2, 0.25) is 0 Å². The van der Waals surface area contributed by atoms with E-state index in [9.17, 15) is 53.9 Å². The highest BCUT2D eigenvalue weighted by Gasteiger charge is 2.44. The van der Waals surface area contributed by atoms with Gasteiger partial charge in [0, 0.05) is 53.5 Å². The van der Waals surface area contributed by atoms with Crippen LogP contribution in [0.4, 0.5) is 5.69 Å². The molecule has 0 amide bonds. The van der Waals surface area contributed by atoms with Gasteiger partial charge in [-0.3, -0.25) is 13.7 Å². The average molecular weight is 1160 g/mol. The van der Waals surface area contributed by atoms with E-state index < -0.39 is 59.3 Å². The van der Waals surface area contributed by atoms with Crippen LogP contribution in [0.15, 0.2) is 81.8 Å². The zero-order valence-electron chi connectivity index (χ0n) is 44.7. The Bertz CT molecular complexity index is 3030. The number of benzene rings is 2. The number of aromatic nitrogens is 1. The molecule has 0 fully saturated rings. The number of nitrogens with zero attached hydrogens (tertiary/aromatic N) is 3. The van der Waals surface area contributed by atoms with Crippen molar-refractivity contribution in [2.45, 2.75) is 76.0 Å². The van der Waals surface area contributed by atoms with Crippen LogP contribution in [0, 0.1) is 0 Å². The van der Waals surface area contributed by atoms with Gasteiger partial charge in [-0.15, -0.1) is 4.73 Å². The molecule has 1 aromatic heterocycles. The number of hydrogen-bond donors (Lipinski definition) is 5. The van der Waals surface area contributed by atoms with Crippen LogP contribution >= 0.6 is 0 Å². The number of fused-ring (bicyclic) bond motifs is 2. The number of ether oxygens (including phenoxy) is 6. The molecule has 3 heterocycles. The number of carbonyl (C=O) groups is 1. The van der Waals surface area contributed by atoms with E-state index in [1.807, 2.05) is 53.7 Å². The van der Waals surface area contributed by atoms with Crippen molar-refractivity contribution < 1.29 is 91.6 Å². The number of aromatic hydroxyl groups is 2. The van der Waals surface area contributed by atoms with Crippen LogP contribution in [0.1, 0.15) is 77.2 Å². The Balaban J connectivity index is 1.16. The summed E-state index contributed by atoms with van der Waals surface area (Å²) in [5.74, 6) is -1.34. The first-order valence-corrected chi connectivity index (χ1v) is 30.1. The van der Waals surface area contributed by atoms with Crippen LogP contribution < -0.4 is 19.7 Å². The Hall–Kier alpha value is -5.23. The number of allylic oxidation sites excluding steroid dienone is 3. The standard InChI is InChI=1S/C52H73N3O20S3/c1-6-53(20-9-35-77(62,63)64)39-12-14-42-43(51(2,3)4)37-40(74-46(42)36-39)10-7-11-47-52(5,19-8-34-76(59,60)61)44-38-41(78(65,66)67)13-15-45(44)54(47)21-23-69-25-27-71-29-31-73-33-32-72-30-28-70-26-24-68-22-18-50(58)75-55-48(56)16-17-49(55)57/h7,10-17,36-38H,6,8-9,18-35H2,1-5H3,(H4-,56,57,59,60,61,62,63,64,65,66,67)/p+1. The van der Waals surface area contributed by atoms with Gasteiger partial charge >= 0.3 is 5.97 Å². The van der Waals surface area contributed by atoms with Gasteiger partial charge < -0.3 is 52.8 Å². The highest BCUT2D eigenvalue weighted by molar-refractivity contribution is 7.86. The molecule has 1 unspecified atom stereocenters. The average Bonchev–Trinajstić information content (AvgIpc) is 4.05. The largest absolute Gasteiger partial charge is 0.492 e. The minimum absolute atomic E-state index is 0.0164. The van der Waals surface area contributed by atoms with E-state index >= 15 is 0 Å². The van der Waals surface area contributed by atoms with Gasteiger partial charge in [-0.25, -0.2) is 9.37 Å². The molecule has 3 aliphatic rings. The van der Waals surface area contributed by atoms with E-state index in [0.29, 0.717) is 85.9 Å². The van der Waals surface area contributed by atoms with E-state index in [1.165, 1.54) is 24.3 Å². The fourth-order valence-corrected chi connectivity index (χ4v) is 10.2. The van der Waals surface area contributed by atoms with E-state index in [0.717, 1.165) is 16.5 Å². The first-order valence-electron chi connectivity index (χ1n) is 25.4. The van der Waals surface area contributed by atoms with Crippen LogP contribution in [0.5, 0.6) is 11.8 Å². The third kappa shape index (κ3) is 19.8. The van der Waals surface area contributed by atoms with Gasteiger partial charge in [-0.05, 0) is 85.7 Å². The van der Waals surface area contributed by atoms with E-state index in [-0.39, 0.29) is 87.9 Å². The molecule has 0 bridgehead atoms. The van der Waals surface area contributed by atoms with Crippen LogP contribution in [-0.2, 0) is 74.4 Å². The van der Waals surface area contributed by atoms with Gasteiger partial charge in [0.1, 0.15) is 24.6 Å². The molecule has 434 valence electrons. The molecule has 2 aromatic rings. The molecule has 5 rings (SSSR count). The maximum atomic E-state index is 12.4. The summed E-state index contributed by atoms with van der Waals surface area (Å²) in [4.78, 5) is 18.3. The second-order valence-electron chi connectivity index (χ2n) is 19.4. The Morgan fingerprint density at radius 2 is 1.27 bits per heavy atom. The molecule has 78 heavy (non-hydrogen) atoms. The van der Waals surface area contributed by atoms with Gasteiger partial charge in [-0.1, -0.05) is 26.8 Å². The van der Waals surface area contributed by atoms with Crippen LogP contribution in [0.3, 0.4) is 0 Å². The lowest BCUT2D eigenvalue weighted by Crippen LogP contribution is -2.31.